The summed E-state index contributed by atoms with van der Waals surface area (Å²) in [7, 11) is 0. The molecule has 0 aliphatic carbocycles. The molecule has 0 aromatic heterocycles. The van der Waals surface area contributed by atoms with Gasteiger partial charge in [-0.1, -0.05) is 0 Å². The SMILES string of the molecule is O=c1[nH]c(=S)nc2occcc1-2. The number of H-pyrrole nitrogens is 1. The van der Waals surface area contributed by atoms with Gasteiger partial charge in [0.25, 0.3) is 5.56 Å². The second kappa shape index (κ2) is 2.53. The standard InChI is InChI=1S/C7H4N2O2S/c10-5-4-2-1-3-11-6(4)9-7(12)8-5/h1-3H,(H,8,10,12). The van der Waals surface area contributed by atoms with Crippen molar-refractivity contribution in [2.45, 2.75) is 0 Å². The molecule has 0 saturated heterocycles. The highest BCUT2D eigenvalue weighted by Gasteiger charge is 2.07. The van der Waals surface area contributed by atoms with Crippen molar-refractivity contribution in [1.82, 2.24) is 9.97 Å². The van der Waals surface area contributed by atoms with E-state index in [-0.39, 0.29) is 16.2 Å². The molecule has 0 radical (unpaired) electrons. The summed E-state index contributed by atoms with van der Waals surface area (Å²) >= 11 is 4.70. The molecular formula is C7H4N2O2S. The maximum absolute atomic E-state index is 11.2. The molecule has 5 heteroatoms. The number of hydrogen-bond acceptors (Lipinski definition) is 4. The summed E-state index contributed by atoms with van der Waals surface area (Å²) in [5, 5.41) is 0. The maximum Gasteiger partial charge on any atom is 0.262 e. The maximum atomic E-state index is 11.2. The number of nitrogens with zero attached hydrogens (tertiary/aromatic N) is 1. The van der Waals surface area contributed by atoms with Crippen LogP contribution in [0.1, 0.15) is 0 Å². The van der Waals surface area contributed by atoms with Crippen molar-refractivity contribution in [2.75, 3.05) is 0 Å². The van der Waals surface area contributed by atoms with Crippen LogP contribution in [0.25, 0.3) is 11.5 Å². The number of rotatable bonds is 0. The zero-order chi connectivity index (χ0) is 8.55. The van der Waals surface area contributed by atoms with Crippen LogP contribution in [0.3, 0.4) is 0 Å². The Hall–Kier alpha value is -1.49. The topological polar surface area (TPSA) is 58.9 Å². The van der Waals surface area contributed by atoms with Crippen molar-refractivity contribution in [3.05, 3.63) is 33.5 Å². The average molecular weight is 180 g/mol. The van der Waals surface area contributed by atoms with Gasteiger partial charge in [-0.05, 0) is 24.4 Å². The van der Waals surface area contributed by atoms with Crippen molar-refractivity contribution >= 4 is 12.2 Å². The molecule has 0 bridgehead atoms. The lowest BCUT2D eigenvalue weighted by atomic mass is 10.3. The highest BCUT2D eigenvalue weighted by atomic mass is 32.1. The molecule has 4 nitrogen and oxygen atoms in total. The second-order valence-electron chi connectivity index (χ2n) is 2.20. The quantitative estimate of drug-likeness (QED) is 0.619. The molecule has 0 amide bonds. The molecule has 0 aromatic rings. The van der Waals surface area contributed by atoms with Gasteiger partial charge in [0.15, 0.2) is 0 Å². The highest BCUT2D eigenvalue weighted by Crippen LogP contribution is 2.11. The van der Waals surface area contributed by atoms with Gasteiger partial charge in [0.2, 0.25) is 10.7 Å². The number of aromatic amines is 1. The lowest BCUT2D eigenvalue weighted by molar-refractivity contribution is 0.543. The molecule has 0 saturated carbocycles. The Bertz CT molecular complexity index is 487. The Labute approximate surface area is 72.2 Å². The molecule has 0 spiro atoms. The van der Waals surface area contributed by atoms with E-state index in [1.165, 1.54) is 6.26 Å². The van der Waals surface area contributed by atoms with E-state index in [1.54, 1.807) is 12.1 Å². The van der Waals surface area contributed by atoms with Gasteiger partial charge in [-0.25, -0.2) is 0 Å². The monoisotopic (exact) mass is 180 g/mol. The molecule has 2 heterocycles. The van der Waals surface area contributed by atoms with E-state index < -0.39 is 0 Å². The van der Waals surface area contributed by atoms with Crippen molar-refractivity contribution < 1.29 is 4.42 Å². The van der Waals surface area contributed by atoms with Gasteiger partial charge < -0.3 is 4.42 Å². The van der Waals surface area contributed by atoms with Crippen LogP contribution >= 0.6 is 12.2 Å². The first-order valence-electron chi connectivity index (χ1n) is 3.25. The Balaban J connectivity index is 2.99. The molecule has 60 valence electrons. The van der Waals surface area contributed by atoms with Crippen LogP contribution in [0, 0.1) is 4.77 Å². The van der Waals surface area contributed by atoms with Gasteiger partial charge >= 0.3 is 0 Å². The van der Waals surface area contributed by atoms with Crippen LogP contribution in [0.15, 0.2) is 27.6 Å². The Kier molecular flexibility index (Phi) is 1.51. The zero-order valence-corrected chi connectivity index (χ0v) is 6.72. The third-order valence-electron chi connectivity index (χ3n) is 1.42. The molecule has 0 aromatic carbocycles. The van der Waals surface area contributed by atoms with Crippen LogP contribution in [0.5, 0.6) is 0 Å². The second-order valence-corrected chi connectivity index (χ2v) is 2.59. The fraction of sp³-hybridized carbons (Fsp3) is 0. The lowest BCUT2D eigenvalue weighted by Gasteiger charge is -1.97. The van der Waals surface area contributed by atoms with E-state index in [4.69, 9.17) is 16.6 Å². The van der Waals surface area contributed by atoms with Crippen LogP contribution < -0.4 is 5.56 Å². The minimum atomic E-state index is -0.269. The van der Waals surface area contributed by atoms with Crippen molar-refractivity contribution in [3.63, 3.8) is 0 Å². The predicted molar refractivity (Wildman–Crippen MR) is 44.6 cm³/mol. The first-order chi connectivity index (χ1) is 5.77. The van der Waals surface area contributed by atoms with Gasteiger partial charge in [-0.15, -0.1) is 0 Å². The first-order valence-corrected chi connectivity index (χ1v) is 3.66. The summed E-state index contributed by atoms with van der Waals surface area (Å²) in [6, 6.07) is 3.25. The van der Waals surface area contributed by atoms with Gasteiger partial charge in [0, 0.05) is 0 Å². The molecule has 2 aliphatic rings. The van der Waals surface area contributed by atoms with Crippen molar-refractivity contribution in [2.24, 2.45) is 0 Å². The van der Waals surface area contributed by atoms with Gasteiger partial charge in [0.1, 0.15) is 5.56 Å². The molecule has 0 fully saturated rings. The van der Waals surface area contributed by atoms with Crippen LogP contribution in [-0.4, -0.2) is 9.97 Å². The minimum absolute atomic E-state index is 0.141. The summed E-state index contributed by atoms with van der Waals surface area (Å²) in [4.78, 5) is 17.4. The average Bonchev–Trinajstić information content (AvgIpc) is 2.04. The fourth-order valence-corrected chi connectivity index (χ4v) is 1.09. The first kappa shape index (κ1) is 7.17. The molecular weight excluding hydrogens is 176 g/mol. The molecule has 12 heavy (non-hydrogen) atoms. The van der Waals surface area contributed by atoms with E-state index in [1.807, 2.05) is 0 Å². The van der Waals surface area contributed by atoms with E-state index >= 15 is 0 Å². The van der Waals surface area contributed by atoms with Crippen LogP contribution in [-0.2, 0) is 0 Å². The third-order valence-corrected chi connectivity index (χ3v) is 1.61. The summed E-state index contributed by atoms with van der Waals surface area (Å²) < 4.78 is 5.12. The van der Waals surface area contributed by atoms with E-state index in [2.05, 4.69) is 9.97 Å². The predicted octanol–water partition coefficient (Wildman–Crippen LogP) is 1.20. The number of aromatic nitrogens is 2. The summed E-state index contributed by atoms with van der Waals surface area (Å²) in [6.45, 7) is 0. The molecule has 1 N–H and O–H groups in total. The lowest BCUT2D eigenvalue weighted by Crippen LogP contribution is -2.11. The smallest absolute Gasteiger partial charge is 0.262 e. The number of fused-ring (bicyclic) bond motifs is 1. The largest absolute Gasteiger partial charge is 0.446 e. The molecule has 2 aliphatic heterocycles. The van der Waals surface area contributed by atoms with Gasteiger partial charge in [-0.2, -0.15) is 4.98 Å². The molecule has 0 unspecified atom stereocenters. The van der Waals surface area contributed by atoms with Crippen LogP contribution in [0.4, 0.5) is 0 Å². The van der Waals surface area contributed by atoms with Crippen LogP contribution in [0.2, 0.25) is 0 Å². The van der Waals surface area contributed by atoms with E-state index in [0.29, 0.717) is 5.56 Å². The van der Waals surface area contributed by atoms with Gasteiger partial charge in [-0.3, -0.25) is 9.78 Å². The summed E-state index contributed by atoms with van der Waals surface area (Å²) in [5.41, 5.74) is 0.139. The highest BCUT2D eigenvalue weighted by molar-refractivity contribution is 7.71. The van der Waals surface area contributed by atoms with Gasteiger partial charge in [0.05, 0.1) is 6.26 Å². The van der Waals surface area contributed by atoms with E-state index in [9.17, 15) is 4.79 Å². The zero-order valence-electron chi connectivity index (χ0n) is 5.90. The molecule has 2 rings (SSSR count). The molecule has 0 atom stereocenters. The Morgan fingerprint density at radius 1 is 1.58 bits per heavy atom. The minimum Gasteiger partial charge on any atom is -0.446 e. The summed E-state index contributed by atoms with van der Waals surface area (Å²) in [6.07, 6.45) is 1.45. The van der Waals surface area contributed by atoms with Crippen molar-refractivity contribution in [3.8, 4) is 11.5 Å². The Morgan fingerprint density at radius 3 is 3.25 bits per heavy atom. The number of nitrogens with one attached hydrogen (secondary N) is 1. The fourth-order valence-electron chi connectivity index (χ4n) is 0.918. The van der Waals surface area contributed by atoms with Crippen molar-refractivity contribution in [1.29, 1.82) is 0 Å². The normalized spacial score (nSPS) is 10.3. The summed E-state index contributed by atoms with van der Waals surface area (Å²) in [5.74, 6) is 0.270. The number of hydrogen-bond donors (Lipinski definition) is 1. The Morgan fingerprint density at radius 2 is 2.42 bits per heavy atom. The third kappa shape index (κ3) is 1.04. The van der Waals surface area contributed by atoms with E-state index in [0.717, 1.165) is 0 Å².